The third-order valence-corrected chi connectivity index (χ3v) is 4.16. The van der Waals surface area contributed by atoms with Gasteiger partial charge in [-0.15, -0.1) is 0 Å². The molecule has 0 heterocycles. The topological polar surface area (TPSA) is 47.3 Å². The summed E-state index contributed by atoms with van der Waals surface area (Å²) in [4.78, 5) is 0. The van der Waals surface area contributed by atoms with Gasteiger partial charge in [0.2, 0.25) is 0 Å². The molecule has 5 heteroatoms. The van der Waals surface area contributed by atoms with E-state index in [2.05, 4.69) is 5.43 Å². The molecule has 3 nitrogen and oxygen atoms in total. The molecule has 1 fully saturated rings. The van der Waals surface area contributed by atoms with E-state index >= 15 is 0 Å². The lowest BCUT2D eigenvalue weighted by atomic mass is 9.87. The first-order valence-corrected chi connectivity index (χ1v) is 6.57. The zero-order valence-corrected chi connectivity index (χ0v) is 11.1. The Morgan fingerprint density at radius 1 is 1.32 bits per heavy atom. The Labute approximate surface area is 112 Å². The van der Waals surface area contributed by atoms with Gasteiger partial charge in [0.05, 0.1) is 11.6 Å². The lowest BCUT2D eigenvalue weighted by molar-refractivity contribution is -0.0359. The molecule has 0 bridgehead atoms. The highest BCUT2D eigenvalue weighted by molar-refractivity contribution is 5.22. The van der Waals surface area contributed by atoms with Crippen LogP contribution in [0.5, 0.6) is 0 Å². The van der Waals surface area contributed by atoms with Crippen molar-refractivity contribution < 1.29 is 13.5 Å². The van der Waals surface area contributed by atoms with E-state index in [-0.39, 0.29) is 18.0 Å². The number of ether oxygens (including phenoxy) is 1. The summed E-state index contributed by atoms with van der Waals surface area (Å²) < 4.78 is 33.0. The van der Waals surface area contributed by atoms with E-state index in [1.54, 1.807) is 7.11 Å². The Bertz CT molecular complexity index is 413. The predicted molar refractivity (Wildman–Crippen MR) is 69.4 cm³/mol. The molecule has 19 heavy (non-hydrogen) atoms. The summed E-state index contributed by atoms with van der Waals surface area (Å²) in [5, 5.41) is 0. The van der Waals surface area contributed by atoms with Gasteiger partial charge < -0.3 is 4.74 Å². The van der Waals surface area contributed by atoms with E-state index < -0.39 is 17.2 Å². The standard InChI is InChI=1S/C14H20F2N2O/c1-19-14(7-2-3-8-14)13(18-17)9-10-11(15)5-4-6-12(10)16/h4-6,13,18H,2-3,7-9,17H2,1H3. The molecule has 106 valence electrons. The zero-order valence-electron chi connectivity index (χ0n) is 11.1. The van der Waals surface area contributed by atoms with E-state index in [1.807, 2.05) is 0 Å². The molecule has 1 aliphatic rings. The van der Waals surface area contributed by atoms with E-state index in [0.717, 1.165) is 25.7 Å². The minimum Gasteiger partial charge on any atom is -0.377 e. The van der Waals surface area contributed by atoms with Gasteiger partial charge in [-0.3, -0.25) is 11.3 Å². The summed E-state index contributed by atoms with van der Waals surface area (Å²) in [5.74, 6) is 4.51. The van der Waals surface area contributed by atoms with Gasteiger partial charge in [-0.25, -0.2) is 8.78 Å². The van der Waals surface area contributed by atoms with Gasteiger partial charge in [0.15, 0.2) is 0 Å². The van der Waals surface area contributed by atoms with Crippen molar-refractivity contribution in [2.45, 2.75) is 43.7 Å². The van der Waals surface area contributed by atoms with E-state index in [9.17, 15) is 8.78 Å². The molecule has 1 unspecified atom stereocenters. The van der Waals surface area contributed by atoms with Crippen LogP contribution in [0.2, 0.25) is 0 Å². The maximum Gasteiger partial charge on any atom is 0.129 e. The number of methoxy groups -OCH3 is 1. The molecule has 0 saturated heterocycles. The zero-order chi connectivity index (χ0) is 13.9. The number of nitrogens with two attached hydrogens (primary N) is 1. The van der Waals surface area contributed by atoms with Gasteiger partial charge in [-0.1, -0.05) is 18.9 Å². The van der Waals surface area contributed by atoms with Crippen molar-refractivity contribution in [2.24, 2.45) is 5.84 Å². The molecular weight excluding hydrogens is 250 g/mol. The van der Waals surface area contributed by atoms with Crippen LogP contribution in [0.25, 0.3) is 0 Å². The van der Waals surface area contributed by atoms with Crippen LogP contribution in [-0.2, 0) is 11.2 Å². The smallest absolute Gasteiger partial charge is 0.129 e. The van der Waals surface area contributed by atoms with E-state index in [0.29, 0.717) is 0 Å². The van der Waals surface area contributed by atoms with Crippen molar-refractivity contribution in [3.63, 3.8) is 0 Å². The number of rotatable bonds is 5. The second kappa shape index (κ2) is 5.94. The summed E-state index contributed by atoms with van der Waals surface area (Å²) >= 11 is 0. The van der Waals surface area contributed by atoms with Crippen LogP contribution in [0.4, 0.5) is 8.78 Å². The van der Waals surface area contributed by atoms with E-state index in [4.69, 9.17) is 10.6 Å². The number of nitrogens with one attached hydrogen (secondary N) is 1. The molecule has 1 aromatic rings. The molecule has 0 spiro atoms. The average molecular weight is 270 g/mol. The van der Waals surface area contributed by atoms with Crippen LogP contribution in [0.3, 0.4) is 0 Å². The minimum absolute atomic E-state index is 0.0637. The molecule has 1 aromatic carbocycles. The Morgan fingerprint density at radius 2 is 1.89 bits per heavy atom. The molecule has 1 saturated carbocycles. The monoisotopic (exact) mass is 270 g/mol. The summed E-state index contributed by atoms with van der Waals surface area (Å²) in [7, 11) is 1.63. The first-order chi connectivity index (χ1) is 9.13. The van der Waals surface area contributed by atoms with Gasteiger partial charge in [-0.2, -0.15) is 0 Å². The van der Waals surface area contributed by atoms with Gasteiger partial charge in [0.1, 0.15) is 11.6 Å². The van der Waals surface area contributed by atoms with Crippen molar-refractivity contribution in [3.8, 4) is 0 Å². The van der Waals surface area contributed by atoms with Crippen molar-refractivity contribution in [3.05, 3.63) is 35.4 Å². The highest BCUT2D eigenvalue weighted by Gasteiger charge is 2.41. The van der Waals surface area contributed by atoms with Crippen molar-refractivity contribution in [2.75, 3.05) is 7.11 Å². The lowest BCUT2D eigenvalue weighted by Crippen LogP contribution is -2.54. The van der Waals surface area contributed by atoms with Crippen molar-refractivity contribution in [1.82, 2.24) is 5.43 Å². The predicted octanol–water partition coefficient (Wildman–Crippen LogP) is 2.30. The maximum atomic E-state index is 13.7. The third kappa shape index (κ3) is 2.78. The van der Waals surface area contributed by atoms with Crippen LogP contribution in [0.15, 0.2) is 18.2 Å². The first-order valence-electron chi connectivity index (χ1n) is 6.57. The molecule has 0 aliphatic heterocycles. The Kier molecular flexibility index (Phi) is 4.50. The number of halogens is 2. The fourth-order valence-electron chi connectivity index (χ4n) is 3.00. The van der Waals surface area contributed by atoms with Gasteiger partial charge in [-0.05, 0) is 31.4 Å². The normalized spacial score (nSPS) is 19.6. The lowest BCUT2D eigenvalue weighted by Gasteiger charge is -2.36. The average Bonchev–Trinajstić information content (AvgIpc) is 2.88. The SMILES string of the molecule is COC1(C(Cc2c(F)cccc2F)NN)CCCC1. The van der Waals surface area contributed by atoms with Gasteiger partial charge in [0.25, 0.3) is 0 Å². The summed E-state index contributed by atoms with van der Waals surface area (Å²) in [6.45, 7) is 0. The number of hydrogen-bond donors (Lipinski definition) is 2. The number of benzene rings is 1. The molecule has 2 rings (SSSR count). The Hall–Kier alpha value is -1.04. The molecule has 1 atom stereocenters. The maximum absolute atomic E-state index is 13.7. The number of hydrogen-bond acceptors (Lipinski definition) is 3. The highest BCUT2D eigenvalue weighted by Crippen LogP contribution is 2.37. The Morgan fingerprint density at radius 3 is 2.37 bits per heavy atom. The summed E-state index contributed by atoms with van der Waals surface area (Å²) in [5.41, 5.74) is 2.32. The number of hydrazine groups is 1. The largest absolute Gasteiger partial charge is 0.377 e. The van der Waals surface area contributed by atoms with Crippen LogP contribution in [0.1, 0.15) is 31.2 Å². The molecule has 0 amide bonds. The molecule has 1 aliphatic carbocycles. The van der Waals surface area contributed by atoms with Crippen LogP contribution < -0.4 is 11.3 Å². The van der Waals surface area contributed by atoms with E-state index in [1.165, 1.54) is 18.2 Å². The second-order valence-corrected chi connectivity index (χ2v) is 5.10. The fraction of sp³-hybridized carbons (Fsp3) is 0.571. The first kappa shape index (κ1) is 14.4. The summed E-state index contributed by atoms with van der Waals surface area (Å²) in [6, 6.07) is 3.59. The highest BCUT2D eigenvalue weighted by atomic mass is 19.1. The quantitative estimate of drug-likeness (QED) is 0.637. The Balaban J connectivity index is 2.24. The third-order valence-electron chi connectivity index (χ3n) is 4.16. The molecule has 3 N–H and O–H groups in total. The van der Waals surface area contributed by atoms with Crippen molar-refractivity contribution >= 4 is 0 Å². The summed E-state index contributed by atoms with van der Waals surface area (Å²) in [6.07, 6.45) is 3.99. The molecule has 0 radical (unpaired) electrons. The van der Waals surface area contributed by atoms with Crippen LogP contribution in [-0.4, -0.2) is 18.8 Å². The van der Waals surface area contributed by atoms with Crippen molar-refractivity contribution in [1.29, 1.82) is 0 Å². The second-order valence-electron chi connectivity index (χ2n) is 5.10. The fourth-order valence-corrected chi connectivity index (χ4v) is 3.00. The minimum atomic E-state index is -0.537. The molecule has 0 aromatic heterocycles. The van der Waals surface area contributed by atoms with Gasteiger partial charge in [0, 0.05) is 12.7 Å². The van der Waals surface area contributed by atoms with Crippen LogP contribution >= 0.6 is 0 Å². The van der Waals surface area contributed by atoms with Crippen LogP contribution in [0, 0.1) is 11.6 Å². The van der Waals surface area contributed by atoms with Gasteiger partial charge >= 0.3 is 0 Å². The molecular formula is C14H20F2N2O.